The molecule has 29 heavy (non-hydrogen) atoms. The van der Waals surface area contributed by atoms with Gasteiger partial charge in [-0.25, -0.2) is 4.98 Å². The molecule has 0 radical (unpaired) electrons. The van der Waals surface area contributed by atoms with Gasteiger partial charge < -0.3 is 15.5 Å². The number of fused-ring (bicyclic) bond motifs is 1. The maximum absolute atomic E-state index is 13.1. The van der Waals surface area contributed by atoms with E-state index in [1.165, 1.54) is 10.6 Å². The summed E-state index contributed by atoms with van der Waals surface area (Å²) < 4.78 is 1.45. The molecule has 7 nitrogen and oxygen atoms in total. The number of aromatic nitrogens is 3. The Morgan fingerprint density at radius 1 is 1.00 bits per heavy atom. The molecular weight excluding hydrogens is 368 g/mol. The Kier molecular flexibility index (Phi) is 4.43. The number of hydrogen-bond donors (Lipinski definition) is 3. The highest BCUT2D eigenvalue weighted by atomic mass is 16.3. The van der Waals surface area contributed by atoms with Crippen molar-refractivity contribution in [3.8, 4) is 22.6 Å². The van der Waals surface area contributed by atoms with Gasteiger partial charge >= 0.3 is 0 Å². The van der Waals surface area contributed by atoms with Crippen LogP contribution in [-0.2, 0) is 7.05 Å². The molecule has 2 heterocycles. The molecule has 0 spiro atoms. The zero-order valence-electron chi connectivity index (χ0n) is 16.3. The van der Waals surface area contributed by atoms with Gasteiger partial charge in [0, 0.05) is 41.5 Å². The molecule has 0 bridgehead atoms. The Morgan fingerprint density at radius 2 is 1.66 bits per heavy atom. The fraction of sp³-hybridized carbons (Fsp3) is 0.136. The average Bonchev–Trinajstić information content (AvgIpc) is 2.71. The molecule has 0 aliphatic carbocycles. The summed E-state index contributed by atoms with van der Waals surface area (Å²) >= 11 is 0. The van der Waals surface area contributed by atoms with Crippen LogP contribution in [0.5, 0.6) is 11.5 Å². The van der Waals surface area contributed by atoms with Crippen LogP contribution >= 0.6 is 0 Å². The van der Waals surface area contributed by atoms with E-state index in [0.29, 0.717) is 39.2 Å². The van der Waals surface area contributed by atoms with E-state index in [2.05, 4.69) is 15.3 Å². The summed E-state index contributed by atoms with van der Waals surface area (Å²) in [6.07, 6.45) is 1.64. The predicted octanol–water partition coefficient (Wildman–Crippen LogP) is 3.77. The highest BCUT2D eigenvalue weighted by Crippen LogP contribution is 2.37. The van der Waals surface area contributed by atoms with Crippen molar-refractivity contribution in [2.45, 2.75) is 13.8 Å². The molecule has 0 atom stereocenters. The van der Waals surface area contributed by atoms with E-state index in [0.717, 1.165) is 5.69 Å². The molecule has 3 N–H and O–H groups in total. The van der Waals surface area contributed by atoms with Crippen molar-refractivity contribution in [2.24, 2.45) is 7.05 Å². The van der Waals surface area contributed by atoms with Crippen LogP contribution in [0.4, 0.5) is 11.6 Å². The Bertz CT molecular complexity index is 1270. The van der Waals surface area contributed by atoms with E-state index in [4.69, 9.17) is 0 Å². The van der Waals surface area contributed by atoms with Crippen molar-refractivity contribution in [2.75, 3.05) is 5.32 Å². The van der Waals surface area contributed by atoms with Crippen molar-refractivity contribution < 1.29 is 10.2 Å². The molecule has 0 amide bonds. The van der Waals surface area contributed by atoms with E-state index in [-0.39, 0.29) is 17.1 Å². The number of pyridine rings is 1. The smallest absolute Gasteiger partial charge is 0.259 e. The highest BCUT2D eigenvalue weighted by molar-refractivity contribution is 5.84. The number of anilines is 2. The van der Waals surface area contributed by atoms with Gasteiger partial charge in [0.25, 0.3) is 5.56 Å². The Balaban J connectivity index is 1.89. The third kappa shape index (κ3) is 3.16. The molecule has 7 heteroatoms. The minimum Gasteiger partial charge on any atom is -0.508 e. The Morgan fingerprint density at radius 3 is 2.31 bits per heavy atom. The van der Waals surface area contributed by atoms with E-state index < -0.39 is 0 Å². The topological polar surface area (TPSA) is 100 Å². The quantitative estimate of drug-likeness (QED) is 0.494. The zero-order chi connectivity index (χ0) is 20.7. The van der Waals surface area contributed by atoms with E-state index in [9.17, 15) is 15.0 Å². The lowest BCUT2D eigenvalue weighted by Gasteiger charge is -2.15. The summed E-state index contributed by atoms with van der Waals surface area (Å²) in [6, 6.07) is 12.5. The molecule has 0 aliphatic rings. The van der Waals surface area contributed by atoms with Crippen LogP contribution in [0.3, 0.4) is 0 Å². The van der Waals surface area contributed by atoms with Gasteiger partial charge in [0.2, 0.25) is 5.95 Å². The first-order valence-electron chi connectivity index (χ1n) is 9.08. The predicted molar refractivity (Wildman–Crippen MR) is 113 cm³/mol. The molecule has 0 saturated carbocycles. The fourth-order valence-corrected chi connectivity index (χ4v) is 3.42. The monoisotopic (exact) mass is 388 g/mol. The number of rotatable bonds is 3. The number of phenolic OH excluding ortho intramolecular Hbond substituents is 2. The number of phenols is 2. The summed E-state index contributed by atoms with van der Waals surface area (Å²) in [7, 11) is 1.64. The molecule has 146 valence electrons. The van der Waals surface area contributed by atoms with Crippen LogP contribution in [0, 0.1) is 13.8 Å². The lowest BCUT2D eigenvalue weighted by Crippen LogP contribution is -2.20. The maximum atomic E-state index is 13.1. The lowest BCUT2D eigenvalue weighted by molar-refractivity contribution is 0.446. The van der Waals surface area contributed by atoms with Crippen molar-refractivity contribution in [3.63, 3.8) is 0 Å². The molecule has 4 rings (SSSR count). The third-order valence-electron chi connectivity index (χ3n) is 5.04. The second-order valence-electron chi connectivity index (χ2n) is 6.93. The van der Waals surface area contributed by atoms with Crippen molar-refractivity contribution in [3.05, 3.63) is 70.1 Å². The number of para-hydroxylation sites is 1. The zero-order valence-corrected chi connectivity index (χ0v) is 16.3. The van der Waals surface area contributed by atoms with E-state index >= 15 is 0 Å². The van der Waals surface area contributed by atoms with Crippen molar-refractivity contribution >= 4 is 22.7 Å². The van der Waals surface area contributed by atoms with Gasteiger partial charge in [-0.05, 0) is 43.2 Å². The van der Waals surface area contributed by atoms with Gasteiger partial charge in [-0.2, -0.15) is 4.98 Å². The largest absolute Gasteiger partial charge is 0.508 e. The SMILES string of the molecule is Cc1c(O)cc(O)c(C)c1-c1cc2cnc(Nc3ccccc3)nc2n(C)c1=O. The van der Waals surface area contributed by atoms with Crippen LogP contribution in [-0.4, -0.2) is 24.7 Å². The summed E-state index contributed by atoms with van der Waals surface area (Å²) in [5.41, 5.74) is 2.98. The molecule has 0 fully saturated rings. The normalized spacial score (nSPS) is 11.0. The van der Waals surface area contributed by atoms with Crippen molar-refractivity contribution in [1.29, 1.82) is 0 Å². The van der Waals surface area contributed by atoms with Gasteiger partial charge in [0.05, 0.1) is 0 Å². The number of nitrogens with one attached hydrogen (secondary N) is 1. The Hall–Kier alpha value is -3.87. The third-order valence-corrected chi connectivity index (χ3v) is 5.04. The van der Waals surface area contributed by atoms with E-state index in [1.54, 1.807) is 33.2 Å². The average molecular weight is 388 g/mol. The van der Waals surface area contributed by atoms with Crippen molar-refractivity contribution in [1.82, 2.24) is 14.5 Å². The van der Waals surface area contributed by atoms with Crippen LogP contribution in [0.15, 0.2) is 53.5 Å². The first-order chi connectivity index (χ1) is 13.9. The van der Waals surface area contributed by atoms with Crippen LogP contribution in [0.25, 0.3) is 22.2 Å². The van der Waals surface area contributed by atoms with Gasteiger partial charge in [-0.1, -0.05) is 18.2 Å². The molecule has 2 aromatic carbocycles. The standard InChI is InChI=1S/C22H20N4O3/c1-12-17(27)10-18(28)13(2)19(12)16-9-14-11-23-22(24-15-7-5-4-6-8-15)25-20(14)26(3)21(16)29/h4-11,27-28H,1-3H3,(H,23,24,25). The number of nitrogens with zero attached hydrogens (tertiary/aromatic N) is 3. The lowest BCUT2D eigenvalue weighted by atomic mass is 9.94. The Labute approximate surface area is 166 Å². The minimum absolute atomic E-state index is 0.0658. The summed E-state index contributed by atoms with van der Waals surface area (Å²) in [5, 5.41) is 24.0. The van der Waals surface area contributed by atoms with Crippen LogP contribution in [0.1, 0.15) is 11.1 Å². The highest BCUT2D eigenvalue weighted by Gasteiger charge is 2.18. The first kappa shape index (κ1) is 18.5. The summed E-state index contributed by atoms with van der Waals surface area (Å²) in [4.78, 5) is 21.9. The molecule has 2 aromatic heterocycles. The van der Waals surface area contributed by atoms with Gasteiger partial charge in [0.15, 0.2) is 0 Å². The molecule has 4 aromatic rings. The van der Waals surface area contributed by atoms with Gasteiger partial charge in [-0.15, -0.1) is 0 Å². The van der Waals surface area contributed by atoms with Crippen LogP contribution in [0.2, 0.25) is 0 Å². The molecule has 0 aliphatic heterocycles. The van der Waals surface area contributed by atoms with Crippen LogP contribution < -0.4 is 10.9 Å². The maximum Gasteiger partial charge on any atom is 0.259 e. The number of aromatic hydroxyl groups is 2. The minimum atomic E-state index is -0.280. The summed E-state index contributed by atoms with van der Waals surface area (Å²) in [5.74, 6) is 0.252. The fourth-order valence-electron chi connectivity index (χ4n) is 3.42. The number of aryl methyl sites for hydroxylation is 1. The molecule has 0 saturated heterocycles. The molecule has 0 unspecified atom stereocenters. The van der Waals surface area contributed by atoms with Gasteiger partial charge in [0.1, 0.15) is 17.1 Å². The second-order valence-corrected chi connectivity index (χ2v) is 6.93. The number of hydrogen-bond acceptors (Lipinski definition) is 6. The first-order valence-corrected chi connectivity index (χ1v) is 9.08. The van der Waals surface area contributed by atoms with E-state index in [1.807, 2.05) is 30.3 Å². The molecular formula is C22H20N4O3. The summed E-state index contributed by atoms with van der Waals surface area (Å²) in [6.45, 7) is 3.42. The second kappa shape index (κ2) is 6.94. The number of benzene rings is 2. The van der Waals surface area contributed by atoms with Gasteiger partial charge in [-0.3, -0.25) is 9.36 Å².